The van der Waals surface area contributed by atoms with Crippen LogP contribution < -0.4 is 0 Å². The molecule has 6 atom stereocenters. The number of carbonyl (C=O) groups is 4. The molecule has 0 aliphatic carbocycles. The van der Waals surface area contributed by atoms with Gasteiger partial charge < -0.3 is 33.8 Å². The van der Waals surface area contributed by atoms with E-state index in [1.165, 1.54) is 212 Å². The number of esters is 4. The molecule has 0 aromatic heterocycles. The monoisotopic (exact) mass is 1440 g/mol. The summed E-state index contributed by atoms with van der Waals surface area (Å²) in [5.41, 5.74) is 0. The van der Waals surface area contributed by atoms with E-state index in [0.717, 1.165) is 114 Å². The third-order valence-electron chi connectivity index (χ3n) is 18.7. The van der Waals surface area contributed by atoms with Gasteiger partial charge in [-0.2, -0.15) is 0 Å². The van der Waals surface area contributed by atoms with E-state index in [4.69, 9.17) is 37.0 Å². The summed E-state index contributed by atoms with van der Waals surface area (Å²) < 4.78 is 68.6. The van der Waals surface area contributed by atoms with E-state index in [1.54, 1.807) is 0 Å². The number of aliphatic hydroxyl groups is 1. The lowest BCUT2D eigenvalue weighted by Crippen LogP contribution is -2.30. The van der Waals surface area contributed by atoms with E-state index in [-0.39, 0.29) is 25.7 Å². The fourth-order valence-electron chi connectivity index (χ4n) is 12.1. The van der Waals surface area contributed by atoms with E-state index in [2.05, 4.69) is 48.5 Å². The normalized spacial score (nSPS) is 14.3. The highest BCUT2D eigenvalue weighted by molar-refractivity contribution is 7.47. The molecular formula is C79H154O17P2. The number of phosphoric acid groups is 2. The van der Waals surface area contributed by atoms with Crippen molar-refractivity contribution in [2.75, 3.05) is 39.6 Å². The van der Waals surface area contributed by atoms with Crippen LogP contribution in [0.4, 0.5) is 0 Å². The van der Waals surface area contributed by atoms with Crippen LogP contribution in [-0.4, -0.2) is 96.7 Å². The second-order valence-electron chi connectivity index (χ2n) is 29.6. The maximum absolute atomic E-state index is 13.1. The quantitative estimate of drug-likeness (QED) is 0.0222. The molecule has 0 aromatic rings. The maximum atomic E-state index is 13.1. The first kappa shape index (κ1) is 96.1. The fourth-order valence-corrected chi connectivity index (χ4v) is 13.7. The van der Waals surface area contributed by atoms with Gasteiger partial charge in [-0.1, -0.05) is 357 Å². The average molecular weight is 1440 g/mol. The summed E-state index contributed by atoms with van der Waals surface area (Å²) in [5, 5.41) is 10.6. The SMILES string of the molecule is CCCCCCCCCCCCCCCCCCCCC(=O)O[C@H](COC(=O)CCCCCCCCCCCCCCCCC(C)C)COP(=O)(O)OC[C@@H](O)COP(=O)(O)OC[C@@H](COC(=O)CCCCCCCCC(C)CC)OC(=O)CCCCCCCCCCCCC(C)C. The maximum Gasteiger partial charge on any atom is 0.472 e. The molecule has 3 unspecified atom stereocenters. The largest absolute Gasteiger partial charge is 0.472 e. The second kappa shape index (κ2) is 69.4. The summed E-state index contributed by atoms with van der Waals surface area (Å²) in [7, 11) is -9.92. The summed E-state index contributed by atoms with van der Waals surface area (Å²) in [6.45, 7) is 11.9. The molecule has 0 amide bonds. The fraction of sp³-hybridized carbons (Fsp3) is 0.949. The lowest BCUT2D eigenvalue weighted by Gasteiger charge is -2.21. The van der Waals surface area contributed by atoms with Crippen molar-refractivity contribution in [3.63, 3.8) is 0 Å². The summed E-state index contributed by atoms with van der Waals surface area (Å²) in [6.07, 6.45) is 56.9. The van der Waals surface area contributed by atoms with Crippen molar-refractivity contribution >= 4 is 39.5 Å². The number of ether oxygens (including phenoxy) is 4. The molecule has 0 fully saturated rings. The Balaban J connectivity index is 5.25. The molecule has 0 bridgehead atoms. The third-order valence-corrected chi connectivity index (χ3v) is 20.6. The topological polar surface area (TPSA) is 237 Å². The first-order valence-corrected chi connectivity index (χ1v) is 43.9. The molecule has 17 nitrogen and oxygen atoms in total. The molecule has 0 saturated carbocycles. The highest BCUT2D eigenvalue weighted by Crippen LogP contribution is 2.45. The Hall–Kier alpha value is -1.94. The molecule has 0 aromatic carbocycles. The highest BCUT2D eigenvalue weighted by atomic mass is 31.2. The van der Waals surface area contributed by atoms with Crippen LogP contribution in [0.2, 0.25) is 0 Å². The van der Waals surface area contributed by atoms with E-state index >= 15 is 0 Å². The van der Waals surface area contributed by atoms with Crippen LogP contribution in [0.25, 0.3) is 0 Å². The smallest absolute Gasteiger partial charge is 0.462 e. The lowest BCUT2D eigenvalue weighted by atomic mass is 10.00. The van der Waals surface area contributed by atoms with Gasteiger partial charge in [0.05, 0.1) is 26.4 Å². The van der Waals surface area contributed by atoms with Crippen molar-refractivity contribution in [1.82, 2.24) is 0 Å². The molecule has 0 spiro atoms. The van der Waals surface area contributed by atoms with Crippen LogP contribution in [0.5, 0.6) is 0 Å². The molecule has 0 rings (SSSR count). The van der Waals surface area contributed by atoms with Gasteiger partial charge in [0.15, 0.2) is 12.2 Å². The Morgan fingerprint density at radius 3 is 0.776 bits per heavy atom. The van der Waals surface area contributed by atoms with Crippen LogP contribution in [0, 0.1) is 17.8 Å². The summed E-state index contributed by atoms with van der Waals surface area (Å²) in [4.78, 5) is 72.9. The van der Waals surface area contributed by atoms with E-state index in [9.17, 15) is 43.2 Å². The van der Waals surface area contributed by atoms with Crippen molar-refractivity contribution in [2.24, 2.45) is 17.8 Å². The number of rotatable bonds is 77. The van der Waals surface area contributed by atoms with Crippen molar-refractivity contribution in [1.29, 1.82) is 0 Å². The van der Waals surface area contributed by atoms with Gasteiger partial charge in [-0.3, -0.25) is 37.3 Å². The van der Waals surface area contributed by atoms with Crippen molar-refractivity contribution < 1.29 is 80.2 Å². The van der Waals surface area contributed by atoms with Crippen molar-refractivity contribution in [3.05, 3.63) is 0 Å². The minimum atomic E-state index is -4.96. The molecule has 98 heavy (non-hydrogen) atoms. The van der Waals surface area contributed by atoms with Gasteiger partial charge in [0.1, 0.15) is 19.3 Å². The first-order chi connectivity index (χ1) is 47.3. The zero-order valence-electron chi connectivity index (χ0n) is 64.3. The van der Waals surface area contributed by atoms with Crippen molar-refractivity contribution in [2.45, 2.75) is 426 Å². The van der Waals surface area contributed by atoms with Gasteiger partial charge in [-0.15, -0.1) is 0 Å². The number of carbonyl (C=O) groups excluding carboxylic acids is 4. The minimum Gasteiger partial charge on any atom is -0.462 e. The molecule has 0 heterocycles. The summed E-state index contributed by atoms with van der Waals surface area (Å²) >= 11 is 0. The van der Waals surface area contributed by atoms with Crippen LogP contribution >= 0.6 is 15.6 Å². The zero-order chi connectivity index (χ0) is 72.3. The van der Waals surface area contributed by atoms with E-state index in [0.29, 0.717) is 25.7 Å². The van der Waals surface area contributed by atoms with Gasteiger partial charge in [0.25, 0.3) is 0 Å². The standard InChI is InChI=1S/C79H154O17P2/c1-8-10-11-12-13-14-15-16-17-18-19-20-25-28-34-39-48-55-62-78(83)95-74(66-89-76(81)60-53-46-38-33-27-24-22-21-23-26-31-36-43-50-57-70(3)4)68-93-97(85,86)91-64-73(80)65-92-98(87,88)94-69-75(67-90-77(82)61-54-47-42-41-45-52-59-72(7)9-2)96-79(84)63-56-49-40-35-30-29-32-37-44-51-58-71(5)6/h70-75,80H,8-69H2,1-7H3,(H,85,86)(H,87,88)/t72?,73-,74-,75-/m1/s1. The van der Waals surface area contributed by atoms with Gasteiger partial charge in [0, 0.05) is 25.7 Å². The molecule has 0 aliphatic heterocycles. The van der Waals surface area contributed by atoms with Gasteiger partial charge in [-0.05, 0) is 43.4 Å². The average Bonchev–Trinajstić information content (AvgIpc) is 1.29. The van der Waals surface area contributed by atoms with Crippen LogP contribution in [0.15, 0.2) is 0 Å². The lowest BCUT2D eigenvalue weighted by molar-refractivity contribution is -0.161. The Labute approximate surface area is 600 Å². The van der Waals surface area contributed by atoms with Gasteiger partial charge in [-0.25, -0.2) is 9.13 Å². The molecule has 19 heteroatoms. The third kappa shape index (κ3) is 71.1. The van der Waals surface area contributed by atoms with E-state index < -0.39 is 97.5 Å². The number of hydrogen-bond acceptors (Lipinski definition) is 15. The molecule has 0 saturated heterocycles. The Morgan fingerprint density at radius 2 is 0.520 bits per heavy atom. The van der Waals surface area contributed by atoms with E-state index in [1.807, 2.05) is 0 Å². The molecule has 0 radical (unpaired) electrons. The van der Waals surface area contributed by atoms with Crippen LogP contribution in [0.1, 0.15) is 408 Å². The van der Waals surface area contributed by atoms with Crippen LogP contribution in [0.3, 0.4) is 0 Å². The molecule has 582 valence electrons. The van der Waals surface area contributed by atoms with Gasteiger partial charge >= 0.3 is 39.5 Å². The van der Waals surface area contributed by atoms with Crippen molar-refractivity contribution in [3.8, 4) is 0 Å². The predicted molar refractivity (Wildman–Crippen MR) is 400 cm³/mol. The number of unbranched alkanes of at least 4 members (excludes halogenated alkanes) is 44. The highest BCUT2D eigenvalue weighted by Gasteiger charge is 2.30. The molecule has 3 N–H and O–H groups in total. The summed E-state index contributed by atoms with van der Waals surface area (Å²) in [5.74, 6) is 0.167. The molecular weight excluding hydrogens is 1280 g/mol. The predicted octanol–water partition coefficient (Wildman–Crippen LogP) is 23.4. The van der Waals surface area contributed by atoms with Crippen LogP contribution in [-0.2, 0) is 65.4 Å². The first-order valence-electron chi connectivity index (χ1n) is 40.9. The Bertz CT molecular complexity index is 1910. The Kier molecular flexibility index (Phi) is 68.1. The number of hydrogen-bond donors (Lipinski definition) is 3. The summed E-state index contributed by atoms with van der Waals surface area (Å²) in [6, 6.07) is 0. The number of aliphatic hydroxyl groups excluding tert-OH is 1. The Morgan fingerprint density at radius 1 is 0.296 bits per heavy atom. The second-order valence-corrected chi connectivity index (χ2v) is 32.6. The minimum absolute atomic E-state index is 0.105. The van der Waals surface area contributed by atoms with Gasteiger partial charge in [0.2, 0.25) is 0 Å². The number of phosphoric ester groups is 2. The zero-order valence-corrected chi connectivity index (χ0v) is 66.0. The molecule has 0 aliphatic rings.